The van der Waals surface area contributed by atoms with Gasteiger partial charge in [-0.2, -0.15) is 0 Å². The van der Waals surface area contributed by atoms with Crippen molar-refractivity contribution in [1.82, 2.24) is 0 Å². The number of aliphatic hydroxyl groups is 1. The van der Waals surface area contributed by atoms with Gasteiger partial charge in [-0.25, -0.2) is 0 Å². The standard InChI is InChI=1S/C15H38O5Si3/c1-14(18-11-9-16)13-17-10-8-12-21-15(19-22(2,3)4)20-23(5,6)7/h14-16H,8-13,21H2,1-7H3. The third-order valence-corrected chi connectivity index (χ3v) is 7.11. The smallest absolute Gasteiger partial charge is 0.186 e. The Labute approximate surface area is 147 Å². The van der Waals surface area contributed by atoms with E-state index in [1.807, 2.05) is 6.92 Å². The van der Waals surface area contributed by atoms with Gasteiger partial charge in [0.15, 0.2) is 16.6 Å². The van der Waals surface area contributed by atoms with Gasteiger partial charge in [-0.15, -0.1) is 0 Å². The maximum Gasteiger partial charge on any atom is 0.186 e. The summed E-state index contributed by atoms with van der Waals surface area (Å²) in [6.45, 7) is 17.1. The second-order valence-electron chi connectivity index (χ2n) is 7.87. The highest BCUT2D eigenvalue weighted by atomic mass is 28.4. The Bertz CT molecular complexity index is 276. The van der Waals surface area contributed by atoms with Gasteiger partial charge < -0.3 is 23.4 Å². The van der Waals surface area contributed by atoms with Gasteiger partial charge in [0, 0.05) is 6.61 Å². The van der Waals surface area contributed by atoms with Crippen molar-refractivity contribution in [3.8, 4) is 0 Å². The lowest BCUT2D eigenvalue weighted by atomic mass is 10.4. The Morgan fingerprint density at radius 1 is 0.957 bits per heavy atom. The molecule has 0 aromatic carbocycles. The number of ether oxygens (including phenoxy) is 2. The van der Waals surface area contributed by atoms with Crippen LogP contribution in [0, 0.1) is 0 Å². The first-order valence-corrected chi connectivity index (χ1v) is 17.3. The third kappa shape index (κ3) is 17.1. The van der Waals surface area contributed by atoms with Gasteiger partial charge in [0.05, 0.1) is 35.4 Å². The fourth-order valence-corrected chi connectivity index (χ4v) is 8.54. The van der Waals surface area contributed by atoms with Crippen LogP contribution in [0.2, 0.25) is 45.3 Å². The van der Waals surface area contributed by atoms with Crippen LogP contribution < -0.4 is 0 Å². The van der Waals surface area contributed by atoms with Crippen molar-refractivity contribution in [2.45, 2.75) is 70.7 Å². The SMILES string of the molecule is CC(COCCC[SiH2]C(O[Si](C)(C)C)O[Si](C)(C)C)OCCO. The predicted octanol–water partition coefficient (Wildman–Crippen LogP) is 2.36. The first kappa shape index (κ1) is 23.5. The molecule has 5 nitrogen and oxygen atoms in total. The molecule has 0 radical (unpaired) electrons. The van der Waals surface area contributed by atoms with E-state index < -0.39 is 26.2 Å². The summed E-state index contributed by atoms with van der Waals surface area (Å²) in [6.07, 6.45) is 1.09. The Morgan fingerprint density at radius 3 is 2.00 bits per heavy atom. The van der Waals surface area contributed by atoms with Crippen molar-refractivity contribution in [2.24, 2.45) is 0 Å². The summed E-state index contributed by atoms with van der Waals surface area (Å²) in [5.41, 5.74) is 0. The van der Waals surface area contributed by atoms with E-state index in [4.69, 9.17) is 23.4 Å². The highest BCUT2D eigenvalue weighted by Crippen LogP contribution is 2.14. The number of hydrogen-bond acceptors (Lipinski definition) is 5. The van der Waals surface area contributed by atoms with Gasteiger partial charge in [-0.1, -0.05) is 6.04 Å². The fourth-order valence-electron chi connectivity index (χ4n) is 2.00. The monoisotopic (exact) mass is 382 g/mol. The molecule has 0 heterocycles. The topological polar surface area (TPSA) is 57.2 Å². The third-order valence-electron chi connectivity index (χ3n) is 2.79. The lowest BCUT2D eigenvalue weighted by Crippen LogP contribution is -2.43. The molecule has 0 bridgehead atoms. The lowest BCUT2D eigenvalue weighted by molar-refractivity contribution is -0.0181. The van der Waals surface area contributed by atoms with Crippen molar-refractivity contribution in [2.75, 3.05) is 26.4 Å². The zero-order valence-corrected chi connectivity index (χ0v) is 19.6. The summed E-state index contributed by atoms with van der Waals surface area (Å²) in [5, 5.41) is 8.69. The van der Waals surface area contributed by atoms with E-state index in [1.54, 1.807) is 0 Å². The summed E-state index contributed by atoms with van der Waals surface area (Å²) in [7, 11) is -3.53. The van der Waals surface area contributed by atoms with Crippen LogP contribution in [-0.4, -0.2) is 69.7 Å². The molecule has 0 amide bonds. The summed E-state index contributed by atoms with van der Waals surface area (Å²) >= 11 is 0. The van der Waals surface area contributed by atoms with Crippen LogP contribution >= 0.6 is 0 Å². The summed E-state index contributed by atoms with van der Waals surface area (Å²) in [6, 6.07) is 1.17. The highest BCUT2D eigenvalue weighted by molar-refractivity contribution is 6.71. The largest absolute Gasteiger partial charge is 0.398 e. The molecule has 8 heteroatoms. The van der Waals surface area contributed by atoms with E-state index in [1.165, 1.54) is 6.04 Å². The van der Waals surface area contributed by atoms with Gasteiger partial charge in [0.25, 0.3) is 0 Å². The Balaban J connectivity index is 3.90. The summed E-state index contributed by atoms with van der Waals surface area (Å²) in [5.74, 6) is 0.0696. The molecule has 1 unspecified atom stereocenters. The van der Waals surface area contributed by atoms with E-state index >= 15 is 0 Å². The average Bonchev–Trinajstić information content (AvgIpc) is 2.36. The molecule has 0 aliphatic carbocycles. The fraction of sp³-hybridized carbons (Fsp3) is 1.00. The van der Waals surface area contributed by atoms with Gasteiger partial charge in [-0.05, 0) is 52.6 Å². The zero-order chi connectivity index (χ0) is 17.9. The minimum atomic E-state index is -1.56. The molecule has 23 heavy (non-hydrogen) atoms. The molecule has 1 atom stereocenters. The first-order valence-electron chi connectivity index (χ1n) is 8.69. The van der Waals surface area contributed by atoms with Gasteiger partial charge in [0.1, 0.15) is 5.91 Å². The van der Waals surface area contributed by atoms with Crippen molar-refractivity contribution >= 4 is 26.2 Å². The molecule has 0 rings (SSSR count). The molecule has 0 aliphatic rings. The summed E-state index contributed by atoms with van der Waals surface area (Å²) in [4.78, 5) is 0. The maximum absolute atomic E-state index is 8.69. The van der Waals surface area contributed by atoms with Gasteiger partial charge in [-0.3, -0.25) is 0 Å². The predicted molar refractivity (Wildman–Crippen MR) is 104 cm³/mol. The lowest BCUT2D eigenvalue weighted by Gasteiger charge is -2.31. The molecular weight excluding hydrogens is 344 g/mol. The van der Waals surface area contributed by atoms with Gasteiger partial charge in [0.2, 0.25) is 0 Å². The van der Waals surface area contributed by atoms with Crippen LogP contribution in [0.4, 0.5) is 0 Å². The molecule has 0 aliphatic heterocycles. The van der Waals surface area contributed by atoms with Crippen molar-refractivity contribution in [3.63, 3.8) is 0 Å². The van der Waals surface area contributed by atoms with Crippen LogP contribution in [0.3, 0.4) is 0 Å². The Morgan fingerprint density at radius 2 is 1.52 bits per heavy atom. The van der Waals surface area contributed by atoms with Crippen molar-refractivity contribution in [1.29, 1.82) is 0 Å². The normalized spacial score (nSPS) is 15.0. The molecule has 0 saturated carbocycles. The van der Waals surface area contributed by atoms with Crippen LogP contribution in [0.25, 0.3) is 0 Å². The second kappa shape index (κ2) is 11.9. The van der Waals surface area contributed by atoms with E-state index in [9.17, 15) is 0 Å². The van der Waals surface area contributed by atoms with E-state index in [-0.39, 0.29) is 18.6 Å². The van der Waals surface area contributed by atoms with Gasteiger partial charge >= 0.3 is 0 Å². The van der Waals surface area contributed by atoms with Crippen LogP contribution in [0.5, 0.6) is 0 Å². The number of rotatable bonds is 14. The highest BCUT2D eigenvalue weighted by Gasteiger charge is 2.26. The number of hydrogen-bond donors (Lipinski definition) is 1. The van der Waals surface area contributed by atoms with Crippen molar-refractivity contribution < 1.29 is 23.4 Å². The zero-order valence-electron chi connectivity index (χ0n) is 16.2. The van der Waals surface area contributed by atoms with Crippen LogP contribution in [0.15, 0.2) is 0 Å². The van der Waals surface area contributed by atoms with E-state index in [0.29, 0.717) is 13.2 Å². The maximum atomic E-state index is 8.69. The average molecular weight is 383 g/mol. The minimum absolute atomic E-state index is 0.0394. The quantitative estimate of drug-likeness (QED) is 0.284. The Hall–Kier alpha value is 0.451. The summed E-state index contributed by atoms with van der Waals surface area (Å²) < 4.78 is 23.4. The molecule has 0 fully saturated rings. The second-order valence-corrected chi connectivity index (χ2v) is 18.7. The van der Waals surface area contributed by atoms with Crippen LogP contribution in [0.1, 0.15) is 13.3 Å². The first-order chi connectivity index (χ1) is 10.5. The molecular formula is C15H38O5Si3. The molecule has 0 saturated heterocycles. The minimum Gasteiger partial charge on any atom is -0.398 e. The molecule has 0 spiro atoms. The van der Waals surface area contributed by atoms with E-state index in [2.05, 4.69) is 39.3 Å². The molecule has 140 valence electrons. The van der Waals surface area contributed by atoms with Crippen molar-refractivity contribution in [3.05, 3.63) is 0 Å². The van der Waals surface area contributed by atoms with E-state index in [0.717, 1.165) is 13.0 Å². The van der Waals surface area contributed by atoms with Crippen LogP contribution in [-0.2, 0) is 18.3 Å². The number of aliphatic hydroxyl groups excluding tert-OH is 1. The molecule has 0 aromatic rings. The molecule has 0 aromatic heterocycles. The molecule has 1 N–H and O–H groups in total. The Kier molecular flexibility index (Phi) is 12.1.